The molecule has 0 unspecified atom stereocenters. The van der Waals surface area contributed by atoms with Crippen molar-refractivity contribution in [2.24, 2.45) is 0 Å². The monoisotopic (exact) mass is 268 g/mol. The maximum atomic E-state index is 11.3. The summed E-state index contributed by atoms with van der Waals surface area (Å²) in [7, 11) is 1.58. The fourth-order valence-electron chi connectivity index (χ4n) is 1.31. The van der Waals surface area contributed by atoms with Gasteiger partial charge in [0.05, 0.1) is 13.2 Å². The first-order valence-corrected chi connectivity index (χ1v) is 6.12. The topological polar surface area (TPSA) is 68.8 Å². The van der Waals surface area contributed by atoms with Crippen molar-refractivity contribution in [2.75, 3.05) is 33.6 Å². The Kier molecular flexibility index (Phi) is 7.19. The number of carbonyl (C=O) groups is 1. The summed E-state index contributed by atoms with van der Waals surface area (Å²) in [5.41, 5.74) is 0. The van der Waals surface area contributed by atoms with E-state index in [0.717, 1.165) is 5.75 Å². The lowest BCUT2D eigenvalue weighted by molar-refractivity contribution is 0.192. The number of methoxy groups -OCH3 is 1. The van der Waals surface area contributed by atoms with Gasteiger partial charge in [0, 0.05) is 13.7 Å². The first-order chi connectivity index (χ1) is 9.26. The third-order valence-corrected chi connectivity index (χ3v) is 2.20. The van der Waals surface area contributed by atoms with Crippen LogP contribution in [0.15, 0.2) is 24.3 Å². The summed E-state index contributed by atoms with van der Waals surface area (Å²) in [5, 5.41) is 5.19. The van der Waals surface area contributed by atoms with Crippen LogP contribution >= 0.6 is 0 Å². The molecule has 0 aromatic heterocycles. The molecule has 2 amide bonds. The van der Waals surface area contributed by atoms with Gasteiger partial charge in [0.2, 0.25) is 0 Å². The molecule has 1 rings (SSSR count). The Labute approximate surface area is 113 Å². The second-order valence-corrected chi connectivity index (χ2v) is 3.62. The molecule has 6 nitrogen and oxygen atoms in total. The van der Waals surface area contributed by atoms with Crippen LogP contribution in [0.5, 0.6) is 11.5 Å². The Morgan fingerprint density at radius 3 is 2.32 bits per heavy atom. The third kappa shape index (κ3) is 6.52. The van der Waals surface area contributed by atoms with Crippen molar-refractivity contribution in [3.05, 3.63) is 24.3 Å². The fraction of sp³-hybridized carbons (Fsp3) is 0.462. The van der Waals surface area contributed by atoms with Crippen LogP contribution in [0.2, 0.25) is 0 Å². The number of hydrogen-bond donors (Lipinski definition) is 2. The van der Waals surface area contributed by atoms with Crippen molar-refractivity contribution in [1.82, 2.24) is 10.6 Å². The molecular formula is C13H20N2O4. The lowest BCUT2D eigenvalue weighted by Crippen LogP contribution is -2.39. The maximum Gasteiger partial charge on any atom is 0.317 e. The molecule has 0 spiro atoms. The summed E-state index contributed by atoms with van der Waals surface area (Å²) >= 11 is 0. The van der Waals surface area contributed by atoms with Gasteiger partial charge in [-0.05, 0) is 31.2 Å². The first kappa shape index (κ1) is 15.1. The quantitative estimate of drug-likeness (QED) is 0.552. The van der Waals surface area contributed by atoms with E-state index in [1.54, 1.807) is 19.2 Å². The molecule has 0 radical (unpaired) electrons. The van der Waals surface area contributed by atoms with Crippen molar-refractivity contribution < 1.29 is 19.0 Å². The minimum absolute atomic E-state index is 0.104. The van der Waals surface area contributed by atoms with E-state index in [-0.39, 0.29) is 12.8 Å². The van der Waals surface area contributed by atoms with E-state index in [1.807, 2.05) is 19.1 Å². The molecule has 1 aromatic rings. The van der Waals surface area contributed by atoms with Crippen LogP contribution < -0.4 is 20.1 Å². The smallest absolute Gasteiger partial charge is 0.317 e. The molecule has 6 heteroatoms. The van der Waals surface area contributed by atoms with Gasteiger partial charge < -0.3 is 24.8 Å². The zero-order chi connectivity index (χ0) is 13.9. The number of carbonyl (C=O) groups excluding carboxylic acids is 1. The van der Waals surface area contributed by atoms with Gasteiger partial charge in [-0.25, -0.2) is 4.79 Å². The van der Waals surface area contributed by atoms with E-state index in [4.69, 9.17) is 14.2 Å². The van der Waals surface area contributed by atoms with Crippen molar-refractivity contribution in [3.63, 3.8) is 0 Å². The highest BCUT2D eigenvalue weighted by Gasteiger charge is 1.99. The Balaban J connectivity index is 2.19. The molecule has 0 saturated heterocycles. The van der Waals surface area contributed by atoms with Crippen LogP contribution in [0.25, 0.3) is 0 Å². The van der Waals surface area contributed by atoms with Gasteiger partial charge in [-0.1, -0.05) is 0 Å². The number of ether oxygens (including phenoxy) is 3. The van der Waals surface area contributed by atoms with Gasteiger partial charge in [-0.3, -0.25) is 0 Å². The van der Waals surface area contributed by atoms with E-state index in [0.29, 0.717) is 25.5 Å². The highest BCUT2D eigenvalue weighted by molar-refractivity contribution is 5.73. The second-order valence-electron chi connectivity index (χ2n) is 3.62. The van der Waals surface area contributed by atoms with Gasteiger partial charge >= 0.3 is 6.03 Å². The standard InChI is InChI=1S/C13H20N2O4/c1-3-18-11-4-6-12(7-5-11)19-10-15-13(16)14-8-9-17-2/h4-7H,3,8-10H2,1-2H3,(H2,14,15,16). The average Bonchev–Trinajstić information content (AvgIpc) is 2.41. The molecule has 0 bridgehead atoms. The third-order valence-electron chi connectivity index (χ3n) is 2.20. The van der Waals surface area contributed by atoms with Crippen molar-refractivity contribution in [3.8, 4) is 11.5 Å². The number of hydrogen-bond acceptors (Lipinski definition) is 4. The minimum Gasteiger partial charge on any atom is -0.494 e. The summed E-state index contributed by atoms with van der Waals surface area (Å²) in [4.78, 5) is 11.3. The van der Waals surface area contributed by atoms with Crippen LogP contribution in [0, 0.1) is 0 Å². The predicted molar refractivity (Wildman–Crippen MR) is 71.5 cm³/mol. The van der Waals surface area contributed by atoms with Crippen LogP contribution in [-0.4, -0.2) is 39.6 Å². The van der Waals surface area contributed by atoms with Gasteiger partial charge in [-0.2, -0.15) is 0 Å². The van der Waals surface area contributed by atoms with Gasteiger partial charge in [-0.15, -0.1) is 0 Å². The summed E-state index contributed by atoms with van der Waals surface area (Å²) in [6.07, 6.45) is 0. The van der Waals surface area contributed by atoms with Gasteiger partial charge in [0.25, 0.3) is 0 Å². The summed E-state index contributed by atoms with van der Waals surface area (Å²) in [5.74, 6) is 1.46. The Morgan fingerprint density at radius 1 is 1.11 bits per heavy atom. The molecule has 2 N–H and O–H groups in total. The summed E-state index contributed by atoms with van der Waals surface area (Å²) in [6, 6.07) is 6.92. The summed E-state index contributed by atoms with van der Waals surface area (Å²) in [6.45, 7) is 3.60. The average molecular weight is 268 g/mol. The van der Waals surface area contributed by atoms with Crippen molar-refractivity contribution in [1.29, 1.82) is 0 Å². The predicted octanol–water partition coefficient (Wildman–Crippen LogP) is 1.37. The number of nitrogens with one attached hydrogen (secondary N) is 2. The minimum atomic E-state index is -0.289. The second kappa shape index (κ2) is 9.04. The molecule has 0 saturated carbocycles. The number of amides is 2. The van der Waals surface area contributed by atoms with Gasteiger partial charge in [0.1, 0.15) is 11.5 Å². The van der Waals surface area contributed by atoms with Crippen LogP contribution in [-0.2, 0) is 4.74 Å². The highest BCUT2D eigenvalue weighted by Crippen LogP contribution is 2.16. The molecule has 0 aliphatic carbocycles. The largest absolute Gasteiger partial charge is 0.494 e. The van der Waals surface area contributed by atoms with E-state index in [9.17, 15) is 4.79 Å². The Morgan fingerprint density at radius 2 is 1.74 bits per heavy atom. The normalized spacial score (nSPS) is 9.79. The van der Waals surface area contributed by atoms with Crippen LogP contribution in [0.1, 0.15) is 6.92 Å². The lowest BCUT2D eigenvalue weighted by atomic mass is 10.3. The SMILES string of the molecule is CCOc1ccc(OCNC(=O)NCCOC)cc1. The highest BCUT2D eigenvalue weighted by atomic mass is 16.5. The number of urea groups is 1. The van der Waals surface area contributed by atoms with Crippen molar-refractivity contribution >= 4 is 6.03 Å². The number of rotatable bonds is 8. The van der Waals surface area contributed by atoms with Crippen LogP contribution in [0.3, 0.4) is 0 Å². The fourth-order valence-corrected chi connectivity index (χ4v) is 1.31. The molecule has 19 heavy (non-hydrogen) atoms. The Hall–Kier alpha value is -1.95. The lowest BCUT2D eigenvalue weighted by Gasteiger charge is -2.09. The molecule has 0 heterocycles. The molecule has 1 aromatic carbocycles. The molecule has 0 aliphatic rings. The zero-order valence-corrected chi connectivity index (χ0v) is 11.3. The maximum absolute atomic E-state index is 11.3. The number of benzene rings is 1. The zero-order valence-electron chi connectivity index (χ0n) is 11.3. The van der Waals surface area contributed by atoms with E-state index >= 15 is 0 Å². The molecular weight excluding hydrogens is 248 g/mol. The molecule has 0 atom stereocenters. The van der Waals surface area contributed by atoms with Gasteiger partial charge in [0.15, 0.2) is 6.73 Å². The van der Waals surface area contributed by atoms with Crippen molar-refractivity contribution in [2.45, 2.75) is 6.92 Å². The van der Waals surface area contributed by atoms with E-state index in [1.165, 1.54) is 0 Å². The van der Waals surface area contributed by atoms with Crippen LogP contribution in [0.4, 0.5) is 4.79 Å². The van der Waals surface area contributed by atoms with E-state index < -0.39 is 0 Å². The molecule has 0 fully saturated rings. The summed E-state index contributed by atoms with van der Waals surface area (Å²) < 4.78 is 15.5. The Bertz CT molecular complexity index is 367. The molecule has 0 aliphatic heterocycles. The first-order valence-electron chi connectivity index (χ1n) is 6.12. The molecule has 106 valence electrons. The van der Waals surface area contributed by atoms with E-state index in [2.05, 4.69) is 10.6 Å².